The fourth-order valence-electron chi connectivity index (χ4n) is 16.0. The zero-order chi connectivity index (χ0) is 74.4. The Bertz CT molecular complexity index is 5560. The third-order valence-corrected chi connectivity index (χ3v) is 23.0. The molecule has 0 fully saturated rings. The number of aryl methyl sites for hydroxylation is 1. The Balaban J connectivity index is 0.000000111. The highest BCUT2D eigenvalue weighted by Crippen LogP contribution is 2.39. The van der Waals surface area contributed by atoms with Gasteiger partial charge < -0.3 is 30.4 Å². The van der Waals surface area contributed by atoms with E-state index in [-0.39, 0.29) is 66.7 Å². The molecule has 542 valence electrons. The summed E-state index contributed by atoms with van der Waals surface area (Å²) in [5.41, 5.74) is 31.8. The lowest BCUT2D eigenvalue weighted by Gasteiger charge is -2.35. The van der Waals surface area contributed by atoms with Gasteiger partial charge in [0.1, 0.15) is 17.0 Å². The van der Waals surface area contributed by atoms with Crippen LogP contribution in [-0.4, -0.2) is 113 Å². The number of nitrogens with one attached hydrogen (secondary N) is 2. The normalized spacial score (nSPS) is 16.5. The van der Waals surface area contributed by atoms with Crippen LogP contribution < -0.4 is 5.73 Å². The van der Waals surface area contributed by atoms with Crippen molar-refractivity contribution in [2.24, 2.45) is 9.98 Å². The number of amides is 5. The first-order valence-electron chi connectivity index (χ1n) is 36.7. The molecule has 7 aliphatic rings. The number of aromatic nitrogens is 7. The molecule has 0 radical (unpaired) electrons. The second-order valence-electron chi connectivity index (χ2n) is 28.6. The van der Waals surface area contributed by atoms with Crippen molar-refractivity contribution >= 4 is 80.7 Å². The van der Waals surface area contributed by atoms with E-state index in [9.17, 15) is 29.1 Å². The zero-order valence-corrected chi connectivity index (χ0v) is 61.6. The van der Waals surface area contributed by atoms with E-state index < -0.39 is 0 Å². The maximum absolute atomic E-state index is 13.0. The molecule has 21 nitrogen and oxygen atoms in total. The number of thiazole rings is 1. The van der Waals surface area contributed by atoms with Crippen molar-refractivity contribution in [3.63, 3.8) is 0 Å². The summed E-state index contributed by atoms with van der Waals surface area (Å²) in [5.74, 6) is 1.44. The number of H-pyrrole nitrogens is 2. The summed E-state index contributed by atoms with van der Waals surface area (Å²) < 4.78 is 0. The Morgan fingerprint density at radius 1 is 0.546 bits per heavy atom. The number of aromatic amines is 2. The SMILES string of the molecule is C[C@H](c1ccccc1)N1C(=O)Cc2cc3[nH]nc(N)c3cc2C1=O.C[C@H](c1ccccc1)N1Cc2c(cc3c(c2CO)C=NC3)CC1=O.C[C@H](c1ccccc1)N1Cc2cc3c(cc2CC1=O)CN=C3N1CCc2ncsc2C1.Cc1cc(-c2n[nH]c3cc4c(nc23)CN([C@H](C)c2ccccc2)C(=O)C4)ccn1. The predicted octanol–water partition coefficient (Wildman–Crippen LogP) is 13.3. The van der Waals surface area contributed by atoms with Gasteiger partial charge in [-0.3, -0.25) is 54.0 Å². The minimum Gasteiger partial charge on any atom is -0.392 e. The Morgan fingerprint density at radius 2 is 1.14 bits per heavy atom. The van der Waals surface area contributed by atoms with Gasteiger partial charge in [0.2, 0.25) is 23.6 Å². The third-order valence-electron chi connectivity index (χ3n) is 22.1. The largest absolute Gasteiger partial charge is 0.392 e. The van der Waals surface area contributed by atoms with Crippen LogP contribution in [0.1, 0.15) is 168 Å². The van der Waals surface area contributed by atoms with Gasteiger partial charge in [0.25, 0.3) is 5.91 Å². The number of amidine groups is 1. The summed E-state index contributed by atoms with van der Waals surface area (Å²) in [5, 5.41) is 24.9. The lowest BCUT2D eigenvalue weighted by Crippen LogP contribution is -2.43. The summed E-state index contributed by atoms with van der Waals surface area (Å²) in [6.07, 6.45) is 6.03. The molecular weight excluding hydrogens is 1370 g/mol. The molecule has 108 heavy (non-hydrogen) atoms. The average molecular weight is 1450 g/mol. The van der Waals surface area contributed by atoms with Gasteiger partial charge in [-0.15, -0.1) is 11.3 Å². The van der Waals surface area contributed by atoms with Gasteiger partial charge in [0.05, 0.1) is 111 Å². The van der Waals surface area contributed by atoms with Crippen LogP contribution in [0.4, 0.5) is 5.82 Å². The molecule has 0 aliphatic carbocycles. The lowest BCUT2D eigenvalue weighted by atomic mass is 9.88. The Hall–Kier alpha value is -12.1. The van der Waals surface area contributed by atoms with Gasteiger partial charge >= 0.3 is 0 Å². The van der Waals surface area contributed by atoms with Crippen LogP contribution in [0.25, 0.3) is 33.2 Å². The van der Waals surface area contributed by atoms with Gasteiger partial charge in [-0.05, 0) is 143 Å². The van der Waals surface area contributed by atoms with Crippen molar-refractivity contribution in [1.82, 2.24) is 59.8 Å². The molecule has 4 atom stereocenters. The van der Waals surface area contributed by atoms with E-state index in [1.165, 1.54) is 43.3 Å². The molecule has 0 spiro atoms. The van der Waals surface area contributed by atoms with E-state index in [0.29, 0.717) is 74.3 Å². The minimum absolute atomic E-state index is 0.000939. The van der Waals surface area contributed by atoms with Crippen molar-refractivity contribution in [1.29, 1.82) is 0 Å². The molecule has 0 saturated heterocycles. The van der Waals surface area contributed by atoms with Crippen LogP contribution in [0.2, 0.25) is 0 Å². The number of nitrogen functional groups attached to an aromatic ring is 1. The number of fused-ring (bicyclic) bond motifs is 9. The van der Waals surface area contributed by atoms with Gasteiger partial charge in [-0.2, -0.15) is 10.2 Å². The number of carbonyl (C=O) groups is 5. The van der Waals surface area contributed by atoms with E-state index in [0.717, 1.165) is 115 Å². The van der Waals surface area contributed by atoms with E-state index in [1.807, 2.05) is 143 Å². The molecule has 0 saturated carbocycles. The van der Waals surface area contributed by atoms with Crippen molar-refractivity contribution < 1.29 is 29.1 Å². The van der Waals surface area contributed by atoms with Crippen LogP contribution in [-0.2, 0) is 97.2 Å². The maximum Gasteiger partial charge on any atom is 0.261 e. The van der Waals surface area contributed by atoms with Crippen LogP contribution in [0.15, 0.2) is 192 Å². The lowest BCUT2D eigenvalue weighted by molar-refractivity contribution is -0.135. The number of rotatable bonds is 10. The Kier molecular flexibility index (Phi) is 19.3. The molecule has 5 N–H and O–H groups in total. The highest BCUT2D eigenvalue weighted by atomic mass is 32.1. The van der Waals surface area contributed by atoms with Crippen LogP contribution in [0, 0.1) is 6.92 Å². The molecule has 7 aliphatic heterocycles. The van der Waals surface area contributed by atoms with Crippen LogP contribution >= 0.6 is 11.3 Å². The molecule has 5 aromatic heterocycles. The highest BCUT2D eigenvalue weighted by Gasteiger charge is 2.38. The Morgan fingerprint density at radius 3 is 1.80 bits per heavy atom. The number of aliphatic hydroxyl groups is 1. The Labute approximate surface area is 628 Å². The van der Waals surface area contributed by atoms with Crippen molar-refractivity contribution in [3.05, 3.63) is 293 Å². The second kappa shape index (κ2) is 29.7. The van der Waals surface area contributed by atoms with Gasteiger partial charge in [0, 0.05) is 76.7 Å². The minimum atomic E-state index is -0.322. The second-order valence-corrected chi connectivity index (χ2v) is 29.5. The number of nitrogens with zero attached hydrogens (tertiary/aromatic N) is 12. The molecule has 19 rings (SSSR count). The summed E-state index contributed by atoms with van der Waals surface area (Å²) in [4.78, 5) is 97.9. The summed E-state index contributed by atoms with van der Waals surface area (Å²) in [6.45, 7) is 15.0. The number of pyridine rings is 2. The average Bonchev–Trinajstić information content (AvgIpc) is 1.36. The predicted molar refractivity (Wildman–Crippen MR) is 416 cm³/mol. The fraction of sp³-hybridized carbons (Fsp3) is 0.256. The van der Waals surface area contributed by atoms with Crippen molar-refractivity contribution in [3.8, 4) is 11.3 Å². The zero-order valence-electron chi connectivity index (χ0n) is 60.7. The molecule has 22 heteroatoms. The number of imide groups is 1. The molecule has 12 heterocycles. The van der Waals surface area contributed by atoms with E-state index in [4.69, 9.17) is 15.7 Å². The van der Waals surface area contributed by atoms with E-state index >= 15 is 0 Å². The molecular formula is C86H81N15O6S. The highest BCUT2D eigenvalue weighted by molar-refractivity contribution is 7.09. The van der Waals surface area contributed by atoms with Crippen LogP contribution in [0.5, 0.6) is 0 Å². The number of aliphatic imine (C=N–C) groups is 2. The first-order valence-corrected chi connectivity index (χ1v) is 37.5. The molecule has 0 bridgehead atoms. The fourth-order valence-corrected chi connectivity index (χ4v) is 16.8. The first kappa shape index (κ1) is 70.2. The van der Waals surface area contributed by atoms with Gasteiger partial charge in [-0.1, -0.05) is 133 Å². The van der Waals surface area contributed by atoms with E-state index in [2.05, 4.69) is 116 Å². The van der Waals surface area contributed by atoms with E-state index in [1.54, 1.807) is 29.7 Å². The summed E-state index contributed by atoms with van der Waals surface area (Å²) >= 11 is 1.74. The standard InChI is InChI=1S/C25H24N4OS.C23H21N5O.C20H20N2O2.C18H16N4O2/c1-16(17-5-3-2-4-6-17)29-13-20-10-21-19(9-18(20)11-24(29)30)12-26-25(21)28-8-7-22-23(14-28)31-15-27-22;1-14-10-17(8-9-24-14)22-23-19(26-27-22)11-18-12-21(29)28(13-20(18)25-23)15(2)16-6-4-3-5-7-16;1-13(14-5-3-2-4-6-14)22-11-18-15(8-20(22)24)7-16-9-21-10-17(16)19(18)12-23;1-10(11-5-3-2-4-6-11)22-16(23)8-12-7-15-14(17(19)21-20-15)9-13(12)18(22)24/h2-6,9-10,15-16H,7-8,11-14H2,1H3;3-11,15H,12-13H2,1-2H3,(H,26,27);2-7,10,13,23H,8-9,11-12H2,1H3;2-7,9-10H,8H2,1H3,(H3,19,20,21)/t16-;15-;13-;10-/m1111/s1. The van der Waals surface area contributed by atoms with Crippen molar-refractivity contribution in [2.45, 2.75) is 137 Å². The van der Waals surface area contributed by atoms with Gasteiger partial charge in [0.15, 0.2) is 5.82 Å². The maximum atomic E-state index is 13.0. The molecule has 12 aromatic rings. The number of benzene rings is 7. The number of aliphatic hydroxyl groups excluding tert-OH is 1. The quantitative estimate of drug-likeness (QED) is 0.0929. The smallest absolute Gasteiger partial charge is 0.261 e. The monoisotopic (exact) mass is 1450 g/mol. The number of anilines is 1. The first-order chi connectivity index (χ1) is 52.5. The number of hydrogen-bond acceptors (Lipinski definition) is 16. The number of carbonyl (C=O) groups excluding carboxylic acids is 5. The molecule has 0 unspecified atom stereocenters. The molecule has 5 amide bonds. The van der Waals surface area contributed by atoms with Crippen molar-refractivity contribution in [2.75, 3.05) is 12.3 Å². The van der Waals surface area contributed by atoms with Crippen LogP contribution in [0.3, 0.4) is 0 Å². The van der Waals surface area contributed by atoms with Gasteiger partial charge in [-0.25, -0.2) is 9.97 Å². The topological polar surface area (TPSA) is 269 Å². The number of nitrogens with two attached hydrogens (primary N) is 1. The number of hydrogen-bond donors (Lipinski definition) is 4. The summed E-state index contributed by atoms with van der Waals surface area (Å²) in [7, 11) is 0. The third kappa shape index (κ3) is 13.6. The molecule has 7 aromatic carbocycles. The summed E-state index contributed by atoms with van der Waals surface area (Å²) in [6, 6.07) is 55.9.